The molecule has 1 aromatic heterocycles. The second kappa shape index (κ2) is 7.64. The van der Waals surface area contributed by atoms with Gasteiger partial charge in [-0.3, -0.25) is 4.79 Å². The lowest BCUT2D eigenvalue weighted by Gasteiger charge is -2.14. The minimum Gasteiger partial charge on any atom is -0.494 e. The molecule has 22 heavy (non-hydrogen) atoms. The number of nitrogens with one attached hydrogen (secondary N) is 1. The van der Waals surface area contributed by atoms with Crippen LogP contribution in [0.4, 0.5) is 0 Å². The number of ether oxygens (including phenoxy) is 1. The van der Waals surface area contributed by atoms with Gasteiger partial charge in [0.1, 0.15) is 11.6 Å². The third-order valence-electron chi connectivity index (χ3n) is 3.47. The molecule has 2 rings (SSSR count). The van der Waals surface area contributed by atoms with Crippen molar-refractivity contribution in [2.45, 2.75) is 27.3 Å². The largest absolute Gasteiger partial charge is 0.494 e. The van der Waals surface area contributed by atoms with E-state index in [-0.39, 0.29) is 5.91 Å². The summed E-state index contributed by atoms with van der Waals surface area (Å²) >= 11 is 0. The molecule has 0 aliphatic carbocycles. The van der Waals surface area contributed by atoms with E-state index in [9.17, 15) is 4.79 Å². The third-order valence-corrected chi connectivity index (χ3v) is 3.47. The predicted molar refractivity (Wildman–Crippen MR) is 86.1 cm³/mol. The number of hydrogen-bond acceptors (Lipinski definition) is 3. The van der Waals surface area contributed by atoms with Crippen molar-refractivity contribution >= 4 is 5.91 Å². The van der Waals surface area contributed by atoms with E-state index in [1.54, 1.807) is 18.3 Å². The van der Waals surface area contributed by atoms with E-state index in [1.165, 1.54) is 0 Å². The van der Waals surface area contributed by atoms with Crippen LogP contribution < -0.4 is 10.1 Å². The average Bonchev–Trinajstić information content (AvgIpc) is 2.91. The molecule has 0 spiro atoms. The van der Waals surface area contributed by atoms with E-state index in [2.05, 4.69) is 21.8 Å². The molecule has 1 aromatic carbocycles. The van der Waals surface area contributed by atoms with Crippen molar-refractivity contribution in [3.8, 4) is 5.75 Å². The van der Waals surface area contributed by atoms with Gasteiger partial charge in [0, 0.05) is 31.0 Å². The Labute approximate surface area is 131 Å². The van der Waals surface area contributed by atoms with Crippen LogP contribution in [0, 0.1) is 12.8 Å². The third kappa shape index (κ3) is 4.35. The zero-order valence-corrected chi connectivity index (χ0v) is 13.4. The van der Waals surface area contributed by atoms with Crippen LogP contribution in [0.1, 0.15) is 30.0 Å². The summed E-state index contributed by atoms with van der Waals surface area (Å²) < 4.78 is 7.46. The Bertz CT molecular complexity index is 605. The topological polar surface area (TPSA) is 56.1 Å². The second-order valence-electron chi connectivity index (χ2n) is 5.40. The van der Waals surface area contributed by atoms with Crippen LogP contribution in [0.25, 0.3) is 0 Å². The summed E-state index contributed by atoms with van der Waals surface area (Å²) in [7, 11) is 0. The Morgan fingerprint density at radius 2 is 2.09 bits per heavy atom. The molecule has 1 heterocycles. The zero-order chi connectivity index (χ0) is 15.9. The number of rotatable bonds is 7. The maximum atomic E-state index is 12.1. The van der Waals surface area contributed by atoms with Gasteiger partial charge in [-0.1, -0.05) is 6.92 Å². The van der Waals surface area contributed by atoms with E-state index in [4.69, 9.17) is 4.74 Å². The highest BCUT2D eigenvalue weighted by molar-refractivity contribution is 5.94. The summed E-state index contributed by atoms with van der Waals surface area (Å²) in [6.07, 6.45) is 3.75. The maximum absolute atomic E-state index is 12.1. The minimum atomic E-state index is -0.0581. The van der Waals surface area contributed by atoms with Crippen molar-refractivity contribution in [2.75, 3.05) is 13.2 Å². The van der Waals surface area contributed by atoms with Gasteiger partial charge in [-0.25, -0.2) is 4.98 Å². The van der Waals surface area contributed by atoms with Crippen molar-refractivity contribution in [3.05, 3.63) is 48.0 Å². The lowest BCUT2D eigenvalue weighted by Crippen LogP contribution is -2.30. The summed E-state index contributed by atoms with van der Waals surface area (Å²) in [5.41, 5.74) is 0.648. The lowest BCUT2D eigenvalue weighted by molar-refractivity contribution is 0.0947. The summed E-state index contributed by atoms with van der Waals surface area (Å²) in [6, 6.07) is 7.20. The van der Waals surface area contributed by atoms with Crippen LogP contribution in [-0.2, 0) is 6.54 Å². The maximum Gasteiger partial charge on any atom is 0.251 e. The Hall–Kier alpha value is -2.30. The number of amides is 1. The molecule has 118 valence electrons. The highest BCUT2D eigenvalue weighted by atomic mass is 16.5. The molecule has 1 amide bonds. The van der Waals surface area contributed by atoms with Gasteiger partial charge < -0.3 is 14.6 Å². The summed E-state index contributed by atoms with van der Waals surface area (Å²) in [5.74, 6) is 2.05. The van der Waals surface area contributed by atoms with Crippen molar-refractivity contribution < 1.29 is 9.53 Å². The number of carbonyl (C=O) groups excluding carboxylic acids is 1. The molecule has 1 atom stereocenters. The van der Waals surface area contributed by atoms with Gasteiger partial charge in [-0.2, -0.15) is 0 Å². The van der Waals surface area contributed by atoms with Gasteiger partial charge in [0.15, 0.2) is 0 Å². The highest BCUT2D eigenvalue weighted by Crippen LogP contribution is 2.12. The van der Waals surface area contributed by atoms with Gasteiger partial charge in [0.25, 0.3) is 5.91 Å². The quantitative estimate of drug-likeness (QED) is 0.855. The number of imidazole rings is 1. The Morgan fingerprint density at radius 3 is 2.68 bits per heavy atom. The molecule has 0 unspecified atom stereocenters. The molecule has 0 aliphatic heterocycles. The van der Waals surface area contributed by atoms with Gasteiger partial charge >= 0.3 is 0 Å². The van der Waals surface area contributed by atoms with E-state index in [1.807, 2.05) is 32.2 Å². The van der Waals surface area contributed by atoms with Gasteiger partial charge in [0.05, 0.1) is 6.61 Å². The fourth-order valence-electron chi connectivity index (χ4n) is 2.24. The van der Waals surface area contributed by atoms with E-state index >= 15 is 0 Å². The van der Waals surface area contributed by atoms with Gasteiger partial charge in [0.2, 0.25) is 0 Å². The summed E-state index contributed by atoms with van der Waals surface area (Å²) in [6.45, 7) is 8.11. The zero-order valence-electron chi connectivity index (χ0n) is 13.4. The molecule has 0 aliphatic rings. The molecule has 5 heteroatoms. The molecule has 2 aromatic rings. The fourth-order valence-corrected chi connectivity index (χ4v) is 2.24. The van der Waals surface area contributed by atoms with Crippen LogP contribution in [0.2, 0.25) is 0 Å². The molecular weight excluding hydrogens is 278 g/mol. The molecule has 0 saturated heterocycles. The first-order valence-electron chi connectivity index (χ1n) is 7.59. The summed E-state index contributed by atoms with van der Waals surface area (Å²) in [5, 5.41) is 2.97. The molecular formula is C17H23N3O2. The van der Waals surface area contributed by atoms with Gasteiger partial charge in [-0.05, 0) is 44.0 Å². The predicted octanol–water partition coefficient (Wildman–Crippen LogP) is 2.66. The first-order valence-corrected chi connectivity index (χ1v) is 7.59. The smallest absolute Gasteiger partial charge is 0.251 e. The molecule has 1 N–H and O–H groups in total. The summed E-state index contributed by atoms with van der Waals surface area (Å²) in [4.78, 5) is 16.3. The SMILES string of the molecule is CCOc1ccc(C(=O)NC[C@H](C)Cn2ccnc2C)cc1. The Kier molecular flexibility index (Phi) is 5.58. The number of nitrogens with zero attached hydrogens (tertiary/aromatic N) is 2. The van der Waals surface area contributed by atoms with Crippen molar-refractivity contribution in [3.63, 3.8) is 0 Å². The highest BCUT2D eigenvalue weighted by Gasteiger charge is 2.09. The van der Waals surface area contributed by atoms with Crippen LogP contribution in [-0.4, -0.2) is 28.6 Å². The van der Waals surface area contributed by atoms with Crippen molar-refractivity contribution in [1.29, 1.82) is 0 Å². The van der Waals surface area contributed by atoms with Gasteiger partial charge in [-0.15, -0.1) is 0 Å². The number of aromatic nitrogens is 2. The van der Waals surface area contributed by atoms with Crippen LogP contribution in [0.5, 0.6) is 5.75 Å². The van der Waals surface area contributed by atoms with Crippen LogP contribution in [0.3, 0.4) is 0 Å². The minimum absolute atomic E-state index is 0.0581. The lowest BCUT2D eigenvalue weighted by atomic mass is 10.1. The average molecular weight is 301 g/mol. The number of carbonyl (C=O) groups is 1. The molecule has 0 saturated carbocycles. The number of benzene rings is 1. The normalized spacial score (nSPS) is 12.0. The molecule has 0 radical (unpaired) electrons. The first-order chi connectivity index (χ1) is 10.6. The number of hydrogen-bond donors (Lipinski definition) is 1. The van der Waals surface area contributed by atoms with Crippen molar-refractivity contribution in [2.24, 2.45) is 5.92 Å². The monoisotopic (exact) mass is 301 g/mol. The Morgan fingerprint density at radius 1 is 1.36 bits per heavy atom. The molecule has 0 bridgehead atoms. The Balaban J connectivity index is 1.82. The van der Waals surface area contributed by atoms with Crippen LogP contribution in [0.15, 0.2) is 36.7 Å². The fraction of sp³-hybridized carbons (Fsp3) is 0.412. The molecule has 5 nitrogen and oxygen atoms in total. The molecule has 0 fully saturated rings. The first kappa shape index (κ1) is 16.1. The van der Waals surface area contributed by atoms with E-state index in [0.29, 0.717) is 24.6 Å². The van der Waals surface area contributed by atoms with Crippen molar-refractivity contribution in [1.82, 2.24) is 14.9 Å². The standard InChI is InChI=1S/C17H23N3O2/c1-4-22-16-7-5-15(6-8-16)17(21)19-11-13(2)12-20-10-9-18-14(20)3/h5-10,13H,4,11-12H2,1-3H3,(H,19,21)/t13-/m0/s1. The van der Waals surface area contributed by atoms with Crippen LogP contribution >= 0.6 is 0 Å². The van der Waals surface area contributed by atoms with E-state index < -0.39 is 0 Å². The number of aryl methyl sites for hydroxylation is 1. The second-order valence-corrected chi connectivity index (χ2v) is 5.40. The van der Waals surface area contributed by atoms with E-state index in [0.717, 1.165) is 18.1 Å².